The van der Waals surface area contributed by atoms with E-state index in [2.05, 4.69) is 118 Å². The third-order valence-electron chi connectivity index (χ3n) is 12.1. The number of allylic oxidation sites excluding steroid dienone is 16. The molecule has 0 radical (unpaired) electrons. The molecule has 0 aliphatic carbocycles. The van der Waals surface area contributed by atoms with Crippen molar-refractivity contribution in [2.45, 2.75) is 271 Å². The lowest BCUT2D eigenvalue weighted by atomic mass is 10.0. The number of esters is 3. The van der Waals surface area contributed by atoms with Gasteiger partial charge in [-0.1, -0.05) is 259 Å². The molecule has 6 heteroatoms. The van der Waals surface area contributed by atoms with E-state index in [9.17, 15) is 14.4 Å². The highest BCUT2D eigenvalue weighted by Gasteiger charge is 2.19. The summed E-state index contributed by atoms with van der Waals surface area (Å²) in [4.78, 5) is 38.0. The number of hydrogen-bond acceptors (Lipinski definition) is 6. The van der Waals surface area contributed by atoms with Crippen molar-refractivity contribution in [2.24, 2.45) is 0 Å². The van der Waals surface area contributed by atoms with E-state index in [-0.39, 0.29) is 31.1 Å². The van der Waals surface area contributed by atoms with Crippen molar-refractivity contribution in [3.8, 4) is 0 Å². The SMILES string of the molecule is CC/C=C\C/C=C\C/C=C\C/C=C\C/C=C\C/C=C\C/C=C\C/C=C\CCCCC(=O)OCC(COC(=O)CCCCCCCCCCCCCC)OC(=O)CCCCCCCCCCCCCC. The van der Waals surface area contributed by atoms with Crippen LogP contribution in [0.5, 0.6) is 0 Å². The molecule has 1 atom stereocenters. The van der Waals surface area contributed by atoms with Crippen molar-refractivity contribution in [2.75, 3.05) is 13.2 Å². The molecule has 0 aliphatic rings. The van der Waals surface area contributed by atoms with Gasteiger partial charge in [0.25, 0.3) is 0 Å². The van der Waals surface area contributed by atoms with Gasteiger partial charge < -0.3 is 14.2 Å². The summed E-state index contributed by atoms with van der Waals surface area (Å²) in [5.74, 6) is -0.930. The van der Waals surface area contributed by atoms with E-state index in [0.717, 1.165) is 109 Å². The highest BCUT2D eigenvalue weighted by Crippen LogP contribution is 2.15. The molecule has 1 unspecified atom stereocenters. The smallest absolute Gasteiger partial charge is 0.306 e. The van der Waals surface area contributed by atoms with Crippen molar-refractivity contribution >= 4 is 17.9 Å². The zero-order valence-electron chi connectivity index (χ0n) is 45.0. The molecule has 0 rings (SSSR count). The van der Waals surface area contributed by atoms with Crippen LogP contribution in [0.4, 0.5) is 0 Å². The number of hydrogen-bond donors (Lipinski definition) is 0. The second kappa shape index (κ2) is 56.9. The topological polar surface area (TPSA) is 78.9 Å². The Balaban J connectivity index is 4.36. The summed E-state index contributed by atoms with van der Waals surface area (Å²) >= 11 is 0. The van der Waals surface area contributed by atoms with Gasteiger partial charge in [0, 0.05) is 19.3 Å². The van der Waals surface area contributed by atoms with Crippen LogP contribution in [0.25, 0.3) is 0 Å². The van der Waals surface area contributed by atoms with Crippen molar-refractivity contribution < 1.29 is 28.6 Å². The molecule has 0 heterocycles. The van der Waals surface area contributed by atoms with Gasteiger partial charge in [-0.3, -0.25) is 14.4 Å². The second-order valence-corrected chi connectivity index (χ2v) is 18.8. The standard InChI is InChI=1S/C63H106O6/c1-4-7-10-13-16-19-22-25-26-27-28-29-30-31-32-33-34-35-36-37-38-39-42-44-47-50-53-56-62(65)68-59-60(69-63(66)57-54-51-48-45-41-24-21-18-15-12-9-6-3)58-67-61(64)55-52-49-46-43-40-23-20-17-14-11-8-5-2/h7,10,16,19,25-26,28-29,31-32,34-35,37-38,42,44,60H,4-6,8-9,11-15,17-18,20-24,27,30,33,36,39-41,43,45-59H2,1-3H3/b10-7-,19-16-,26-25-,29-28-,32-31-,35-34-,38-37-,44-42-. The van der Waals surface area contributed by atoms with Crippen LogP contribution in [0.3, 0.4) is 0 Å². The Hall–Kier alpha value is -3.67. The zero-order chi connectivity index (χ0) is 50.0. The molecule has 6 nitrogen and oxygen atoms in total. The summed E-state index contributed by atoms with van der Waals surface area (Å²) in [6.45, 7) is 6.49. The maximum Gasteiger partial charge on any atom is 0.306 e. The van der Waals surface area contributed by atoms with E-state index < -0.39 is 6.10 Å². The Morgan fingerprint density at radius 3 is 0.884 bits per heavy atom. The van der Waals surface area contributed by atoms with Crippen LogP contribution in [0.2, 0.25) is 0 Å². The summed E-state index contributed by atoms with van der Waals surface area (Å²) in [6, 6.07) is 0. The molecule has 394 valence electrons. The summed E-state index contributed by atoms with van der Waals surface area (Å²) in [5, 5.41) is 0. The largest absolute Gasteiger partial charge is 0.462 e. The summed E-state index contributed by atoms with van der Waals surface area (Å²) in [7, 11) is 0. The van der Waals surface area contributed by atoms with Crippen molar-refractivity contribution in [1.82, 2.24) is 0 Å². The van der Waals surface area contributed by atoms with E-state index in [1.54, 1.807) is 0 Å². The lowest BCUT2D eigenvalue weighted by Crippen LogP contribution is -2.30. The van der Waals surface area contributed by atoms with E-state index >= 15 is 0 Å². The molecular weight excluding hydrogens is 853 g/mol. The first-order chi connectivity index (χ1) is 34.0. The third-order valence-corrected chi connectivity index (χ3v) is 12.1. The van der Waals surface area contributed by atoms with E-state index in [1.807, 2.05) is 0 Å². The molecule has 0 fully saturated rings. The molecule has 0 spiro atoms. The van der Waals surface area contributed by atoms with Gasteiger partial charge >= 0.3 is 17.9 Å². The van der Waals surface area contributed by atoms with Crippen LogP contribution in [0.15, 0.2) is 97.2 Å². The predicted octanol–water partition coefficient (Wildman–Crippen LogP) is 19.3. The number of carbonyl (C=O) groups is 3. The maximum absolute atomic E-state index is 12.8. The Labute approximate surface area is 426 Å². The van der Waals surface area contributed by atoms with Gasteiger partial charge in [-0.05, 0) is 83.5 Å². The first kappa shape index (κ1) is 65.3. The van der Waals surface area contributed by atoms with E-state index in [0.29, 0.717) is 19.3 Å². The molecule has 0 aromatic carbocycles. The summed E-state index contributed by atoms with van der Waals surface area (Å²) in [6.07, 6.45) is 75.4. The van der Waals surface area contributed by atoms with E-state index in [1.165, 1.54) is 116 Å². The normalized spacial score (nSPS) is 12.8. The molecule has 0 saturated carbocycles. The number of ether oxygens (including phenoxy) is 3. The Morgan fingerprint density at radius 2 is 0.565 bits per heavy atom. The maximum atomic E-state index is 12.8. The highest BCUT2D eigenvalue weighted by molar-refractivity contribution is 5.71. The molecule has 0 aromatic rings. The van der Waals surface area contributed by atoms with Crippen LogP contribution >= 0.6 is 0 Å². The van der Waals surface area contributed by atoms with Gasteiger partial charge in [0.15, 0.2) is 6.10 Å². The number of carbonyl (C=O) groups excluding carboxylic acids is 3. The Morgan fingerprint density at radius 1 is 0.304 bits per heavy atom. The van der Waals surface area contributed by atoms with E-state index in [4.69, 9.17) is 14.2 Å². The Kier molecular flexibility index (Phi) is 53.9. The van der Waals surface area contributed by atoms with Crippen LogP contribution in [0.1, 0.15) is 265 Å². The zero-order valence-corrected chi connectivity index (χ0v) is 45.0. The lowest BCUT2D eigenvalue weighted by molar-refractivity contribution is -0.167. The number of unbranched alkanes of at least 4 members (excludes halogenated alkanes) is 24. The van der Waals surface area contributed by atoms with Crippen LogP contribution in [-0.2, 0) is 28.6 Å². The third kappa shape index (κ3) is 55.1. The monoisotopic (exact) mass is 959 g/mol. The van der Waals surface area contributed by atoms with Crippen molar-refractivity contribution in [3.63, 3.8) is 0 Å². The van der Waals surface area contributed by atoms with Gasteiger partial charge in [0.05, 0.1) is 0 Å². The quantitative estimate of drug-likeness (QED) is 0.0262. The highest BCUT2D eigenvalue weighted by atomic mass is 16.6. The molecular formula is C63H106O6. The molecule has 0 bridgehead atoms. The molecule has 0 amide bonds. The first-order valence-corrected chi connectivity index (χ1v) is 28.7. The van der Waals surface area contributed by atoms with Gasteiger partial charge in [-0.15, -0.1) is 0 Å². The fourth-order valence-corrected chi connectivity index (χ4v) is 7.81. The minimum Gasteiger partial charge on any atom is -0.462 e. The average Bonchev–Trinajstić information content (AvgIpc) is 3.35. The van der Waals surface area contributed by atoms with Crippen LogP contribution in [0, 0.1) is 0 Å². The summed E-state index contributed by atoms with van der Waals surface area (Å²) in [5.41, 5.74) is 0. The molecule has 0 aromatic heterocycles. The fourth-order valence-electron chi connectivity index (χ4n) is 7.81. The van der Waals surface area contributed by atoms with Gasteiger partial charge in [0.2, 0.25) is 0 Å². The fraction of sp³-hybridized carbons (Fsp3) is 0.698. The van der Waals surface area contributed by atoms with Crippen molar-refractivity contribution in [3.05, 3.63) is 97.2 Å². The molecule has 0 saturated heterocycles. The van der Waals surface area contributed by atoms with Gasteiger partial charge in [-0.25, -0.2) is 0 Å². The lowest BCUT2D eigenvalue weighted by Gasteiger charge is -2.18. The molecule has 0 N–H and O–H groups in total. The molecule has 0 aliphatic heterocycles. The summed E-state index contributed by atoms with van der Waals surface area (Å²) < 4.78 is 16.8. The average molecular weight is 960 g/mol. The minimum absolute atomic E-state index is 0.0881. The first-order valence-electron chi connectivity index (χ1n) is 28.7. The minimum atomic E-state index is -0.792. The molecule has 69 heavy (non-hydrogen) atoms. The second-order valence-electron chi connectivity index (χ2n) is 18.8. The van der Waals surface area contributed by atoms with Gasteiger partial charge in [0.1, 0.15) is 13.2 Å². The van der Waals surface area contributed by atoms with Crippen LogP contribution in [-0.4, -0.2) is 37.2 Å². The van der Waals surface area contributed by atoms with Gasteiger partial charge in [-0.2, -0.15) is 0 Å². The number of rotatable bonds is 51. The van der Waals surface area contributed by atoms with Crippen molar-refractivity contribution in [1.29, 1.82) is 0 Å². The van der Waals surface area contributed by atoms with Crippen LogP contribution < -0.4 is 0 Å². The predicted molar refractivity (Wildman–Crippen MR) is 297 cm³/mol. The Bertz CT molecular complexity index is 1380.